The van der Waals surface area contributed by atoms with Gasteiger partial charge in [0.15, 0.2) is 0 Å². The van der Waals surface area contributed by atoms with Crippen molar-refractivity contribution in [1.29, 1.82) is 0 Å². The predicted molar refractivity (Wildman–Crippen MR) is 102 cm³/mol. The average molecular weight is 386 g/mol. The van der Waals surface area contributed by atoms with Crippen LogP contribution in [0.1, 0.15) is 16.7 Å². The van der Waals surface area contributed by atoms with Gasteiger partial charge in [0, 0.05) is 52.6 Å². The van der Waals surface area contributed by atoms with Crippen molar-refractivity contribution in [2.24, 2.45) is 0 Å². The Balaban J connectivity index is 1.62. The highest BCUT2D eigenvalue weighted by molar-refractivity contribution is 5.88. The van der Waals surface area contributed by atoms with Gasteiger partial charge in [-0.05, 0) is 28.8 Å². The van der Waals surface area contributed by atoms with E-state index in [4.69, 9.17) is 0 Å². The van der Waals surface area contributed by atoms with Gasteiger partial charge in [-0.15, -0.1) is 0 Å². The maximum Gasteiger partial charge on any atom is 0.243 e. The van der Waals surface area contributed by atoms with Gasteiger partial charge in [-0.25, -0.2) is 0 Å². The highest BCUT2D eigenvalue weighted by Crippen LogP contribution is 2.36. The van der Waals surface area contributed by atoms with Crippen molar-refractivity contribution < 1.29 is 13.6 Å². The molecule has 1 aliphatic heterocycles. The molecule has 0 spiro atoms. The molecule has 1 aromatic carbocycles. The van der Waals surface area contributed by atoms with Crippen molar-refractivity contribution in [2.45, 2.75) is 24.9 Å². The topological polar surface area (TPSA) is 48.5 Å². The second-order valence-electron chi connectivity index (χ2n) is 7.67. The van der Waals surface area contributed by atoms with E-state index in [1.54, 1.807) is 11.9 Å². The Labute approximate surface area is 163 Å². The molecule has 0 unspecified atom stereocenters. The molecule has 0 radical (unpaired) electrons. The fourth-order valence-corrected chi connectivity index (χ4v) is 4.50. The third kappa shape index (κ3) is 3.52. The van der Waals surface area contributed by atoms with Gasteiger partial charge in [0.1, 0.15) is 5.54 Å². The Kier molecular flexibility index (Phi) is 5.12. The number of halogens is 2. The lowest BCUT2D eigenvalue weighted by molar-refractivity contribution is -0.144. The zero-order chi connectivity index (χ0) is 19.7. The monoisotopic (exact) mass is 386 g/mol. The number of hydrogen-bond acceptors (Lipinski definition) is 4. The Hall–Kier alpha value is -2.38. The van der Waals surface area contributed by atoms with Gasteiger partial charge >= 0.3 is 0 Å². The van der Waals surface area contributed by atoms with Gasteiger partial charge in [0.05, 0.1) is 0 Å². The number of benzene rings is 1. The molecule has 1 amide bonds. The third-order valence-electron chi connectivity index (χ3n) is 5.79. The molecule has 7 heteroatoms. The Morgan fingerprint density at radius 3 is 2.29 bits per heavy atom. The number of aromatic nitrogens is 1. The van der Waals surface area contributed by atoms with Gasteiger partial charge in [0.25, 0.3) is 0 Å². The summed E-state index contributed by atoms with van der Waals surface area (Å²) in [6.45, 7) is 3.42. The second-order valence-corrected chi connectivity index (χ2v) is 7.67. The fraction of sp³-hybridized carbons (Fsp3) is 0.429. The van der Waals surface area contributed by atoms with Crippen LogP contribution in [-0.2, 0) is 24.2 Å². The maximum atomic E-state index is 13.7. The zero-order valence-electron chi connectivity index (χ0n) is 15.9. The van der Waals surface area contributed by atoms with Crippen LogP contribution in [0.4, 0.5) is 8.78 Å². The van der Waals surface area contributed by atoms with Crippen LogP contribution >= 0.6 is 0 Å². The molecule has 1 saturated heterocycles. The molecular formula is C21H24F2N4O. The number of fused-ring (bicyclic) bond motifs is 1. The molecule has 1 aliphatic carbocycles. The van der Waals surface area contributed by atoms with Crippen LogP contribution in [-0.4, -0.2) is 59.5 Å². The van der Waals surface area contributed by atoms with E-state index in [1.165, 1.54) is 23.3 Å². The first-order chi connectivity index (χ1) is 13.5. The van der Waals surface area contributed by atoms with Crippen LogP contribution in [0.25, 0.3) is 0 Å². The summed E-state index contributed by atoms with van der Waals surface area (Å²) in [6, 6.07) is 10.5. The maximum absolute atomic E-state index is 13.7. The lowest BCUT2D eigenvalue weighted by Crippen LogP contribution is -2.63. The lowest BCUT2D eigenvalue weighted by atomic mass is 9.90. The number of rotatable bonds is 4. The Morgan fingerprint density at radius 1 is 1.14 bits per heavy atom. The van der Waals surface area contributed by atoms with E-state index in [2.05, 4.69) is 27.3 Å². The molecule has 0 atom stereocenters. The van der Waals surface area contributed by atoms with Gasteiger partial charge in [0.2, 0.25) is 17.8 Å². The minimum atomic E-state index is -0.874. The van der Waals surface area contributed by atoms with Crippen molar-refractivity contribution >= 4 is 5.91 Å². The van der Waals surface area contributed by atoms with Crippen molar-refractivity contribution in [2.75, 3.05) is 33.2 Å². The number of nitrogens with one attached hydrogen (secondary N) is 1. The largest absolute Gasteiger partial charge is 0.340 e. The number of amides is 1. The Morgan fingerprint density at radius 2 is 1.71 bits per heavy atom. The summed E-state index contributed by atoms with van der Waals surface area (Å²) < 4.78 is 26.9. The molecule has 2 aliphatic rings. The molecule has 1 aromatic heterocycles. The van der Waals surface area contributed by atoms with Crippen molar-refractivity contribution in [3.8, 4) is 0 Å². The first kappa shape index (κ1) is 19.0. The molecule has 2 heterocycles. The first-order valence-corrected chi connectivity index (χ1v) is 9.58. The van der Waals surface area contributed by atoms with Crippen molar-refractivity contribution in [1.82, 2.24) is 20.1 Å². The minimum Gasteiger partial charge on any atom is -0.340 e. The quantitative estimate of drug-likeness (QED) is 0.814. The molecule has 0 bridgehead atoms. The molecule has 148 valence electrons. The SMILES string of the molecule is CN(Cc1cc(F)nc(F)c1)C(=O)C1(N2CCNCC2)Cc2ccccc2C1. The standard InChI is InChI=1S/C21H24F2N4O/c1-26(14-15-10-18(22)25-19(23)11-15)20(28)21(27-8-6-24-7-9-27)12-16-4-2-3-5-17(16)13-21/h2-5,10-11,24H,6-9,12-14H2,1H3. The van der Waals surface area contributed by atoms with Gasteiger partial charge < -0.3 is 10.2 Å². The molecule has 28 heavy (non-hydrogen) atoms. The number of piperazine rings is 1. The number of hydrogen-bond donors (Lipinski definition) is 1. The molecule has 1 fully saturated rings. The van der Waals surface area contributed by atoms with E-state index in [-0.39, 0.29) is 12.5 Å². The van der Waals surface area contributed by atoms with E-state index < -0.39 is 17.4 Å². The first-order valence-electron chi connectivity index (χ1n) is 9.58. The van der Waals surface area contributed by atoms with Gasteiger partial charge in [-0.1, -0.05) is 24.3 Å². The fourth-order valence-electron chi connectivity index (χ4n) is 4.50. The molecule has 5 nitrogen and oxygen atoms in total. The molecule has 1 N–H and O–H groups in total. The summed E-state index contributed by atoms with van der Waals surface area (Å²) in [5, 5.41) is 3.34. The average Bonchev–Trinajstić information content (AvgIpc) is 3.08. The van der Waals surface area contributed by atoms with E-state index in [1.807, 2.05) is 12.1 Å². The number of nitrogens with zero attached hydrogens (tertiary/aromatic N) is 3. The van der Waals surface area contributed by atoms with E-state index in [0.717, 1.165) is 26.2 Å². The van der Waals surface area contributed by atoms with Crippen molar-refractivity contribution in [3.63, 3.8) is 0 Å². The number of pyridine rings is 1. The molecule has 2 aromatic rings. The number of likely N-dealkylation sites (N-methyl/N-ethyl adjacent to an activating group) is 1. The summed E-state index contributed by atoms with van der Waals surface area (Å²) in [4.78, 5) is 20.7. The molecule has 0 saturated carbocycles. The highest BCUT2D eigenvalue weighted by Gasteiger charge is 2.49. The summed E-state index contributed by atoms with van der Waals surface area (Å²) in [6.07, 6.45) is 1.32. The molecular weight excluding hydrogens is 362 g/mol. The summed E-state index contributed by atoms with van der Waals surface area (Å²) in [7, 11) is 1.70. The highest BCUT2D eigenvalue weighted by atomic mass is 19.1. The van der Waals surface area contributed by atoms with E-state index in [0.29, 0.717) is 18.4 Å². The van der Waals surface area contributed by atoms with Gasteiger partial charge in [-0.2, -0.15) is 13.8 Å². The summed E-state index contributed by atoms with van der Waals surface area (Å²) >= 11 is 0. The summed E-state index contributed by atoms with van der Waals surface area (Å²) in [5.41, 5.74) is 2.14. The van der Waals surface area contributed by atoms with E-state index >= 15 is 0 Å². The lowest BCUT2D eigenvalue weighted by Gasteiger charge is -2.44. The van der Waals surface area contributed by atoms with Gasteiger partial charge in [-0.3, -0.25) is 9.69 Å². The van der Waals surface area contributed by atoms with Crippen LogP contribution in [0.3, 0.4) is 0 Å². The summed E-state index contributed by atoms with van der Waals surface area (Å²) in [5.74, 6) is -1.76. The Bertz CT molecular complexity index is 837. The van der Waals surface area contributed by atoms with Crippen LogP contribution in [0.2, 0.25) is 0 Å². The minimum absolute atomic E-state index is 0.0109. The van der Waals surface area contributed by atoms with Crippen LogP contribution in [0.5, 0.6) is 0 Å². The second kappa shape index (κ2) is 7.56. The van der Waals surface area contributed by atoms with Crippen LogP contribution in [0, 0.1) is 11.9 Å². The smallest absolute Gasteiger partial charge is 0.243 e. The normalized spacial score (nSPS) is 18.7. The zero-order valence-corrected chi connectivity index (χ0v) is 15.9. The third-order valence-corrected chi connectivity index (χ3v) is 5.79. The predicted octanol–water partition coefficient (Wildman–Crippen LogP) is 1.76. The van der Waals surface area contributed by atoms with Crippen LogP contribution in [0.15, 0.2) is 36.4 Å². The number of carbonyl (C=O) groups is 1. The van der Waals surface area contributed by atoms with E-state index in [9.17, 15) is 13.6 Å². The molecule has 4 rings (SSSR count). The van der Waals surface area contributed by atoms with Crippen molar-refractivity contribution in [3.05, 3.63) is 65.0 Å². The van der Waals surface area contributed by atoms with Crippen LogP contribution < -0.4 is 5.32 Å². The number of carbonyl (C=O) groups excluding carboxylic acids is 1.